The fourth-order valence-electron chi connectivity index (χ4n) is 11.7. The van der Waals surface area contributed by atoms with Crippen molar-refractivity contribution < 1.29 is 60.1 Å². The molecule has 7 aromatic carbocycles. The van der Waals surface area contributed by atoms with Crippen molar-refractivity contribution in [3.05, 3.63) is 214 Å². The molecular weight excluding hydrogens is 1370 g/mol. The zero-order chi connectivity index (χ0) is 70.8. The van der Waals surface area contributed by atoms with Gasteiger partial charge in [0.15, 0.2) is 0 Å². The number of carbonyl (C=O) groups is 2. The standard InChI is InChI=1S/C70H86N8O14S6/c1-55-15-27-61(28-16-55)93(81,82)73-43-11-45-77(97(89,90)65-35-23-59(5)24-36-65)53-51-75(95(85,86)63-31-19-57(3)20-32-63)41-9-39-71(47-49-73)69(79)67-13-7-8-14-68(67)70(80)72-40-10-42-76(96(87,88)64-33-21-58(4)22-34-64)52-54-78(98(91,92)66-37-25-60(6)26-38-66)46-12-44-74(50-48-72)94(83,84)62-29-17-56(2)18-30-62/h7-8,13-38H,9-12,39-54H2,1-6H3. The van der Waals surface area contributed by atoms with Crippen LogP contribution in [0.15, 0.2) is 199 Å². The molecule has 2 aliphatic heterocycles. The van der Waals surface area contributed by atoms with Crippen molar-refractivity contribution >= 4 is 72.0 Å². The number of aryl methyl sites for hydroxylation is 6. The number of benzene rings is 7. The van der Waals surface area contributed by atoms with E-state index in [0.29, 0.717) is 0 Å². The smallest absolute Gasteiger partial charge is 0.254 e. The summed E-state index contributed by atoms with van der Waals surface area (Å²) in [6, 6.07) is 43.3. The van der Waals surface area contributed by atoms with E-state index in [4.69, 9.17) is 0 Å². The summed E-state index contributed by atoms with van der Waals surface area (Å²) >= 11 is 0. The Bertz CT molecular complexity index is 4350. The molecule has 0 saturated carbocycles. The first-order valence-electron chi connectivity index (χ1n) is 32.5. The average molecular weight is 1460 g/mol. The molecule has 7 aromatic rings. The molecule has 2 heterocycles. The second-order valence-electron chi connectivity index (χ2n) is 24.8. The minimum atomic E-state index is -4.35. The zero-order valence-corrected chi connectivity index (χ0v) is 60.9. The molecule has 98 heavy (non-hydrogen) atoms. The molecule has 526 valence electrons. The summed E-state index contributed by atoms with van der Waals surface area (Å²) in [5.41, 5.74) is 4.55. The van der Waals surface area contributed by atoms with Gasteiger partial charge >= 0.3 is 0 Å². The molecule has 2 aliphatic rings. The first-order valence-corrected chi connectivity index (χ1v) is 41.1. The summed E-state index contributed by atoms with van der Waals surface area (Å²) in [6.45, 7) is 6.48. The summed E-state index contributed by atoms with van der Waals surface area (Å²) < 4.78 is 184. The maximum atomic E-state index is 15.7. The van der Waals surface area contributed by atoms with E-state index >= 15 is 9.59 Å². The first kappa shape index (κ1) is 75.1. The lowest BCUT2D eigenvalue weighted by atomic mass is 10.0. The molecule has 9 rings (SSSR count). The largest absolute Gasteiger partial charge is 0.337 e. The van der Waals surface area contributed by atoms with Crippen molar-refractivity contribution in [1.29, 1.82) is 0 Å². The molecule has 2 fully saturated rings. The number of hydrogen-bond acceptors (Lipinski definition) is 14. The molecule has 28 heteroatoms. The maximum Gasteiger partial charge on any atom is 0.254 e. The predicted octanol–water partition coefficient (Wildman–Crippen LogP) is 8.15. The second kappa shape index (κ2) is 32.1. The molecule has 22 nitrogen and oxygen atoms in total. The van der Waals surface area contributed by atoms with Gasteiger partial charge in [0.2, 0.25) is 60.1 Å². The Morgan fingerprint density at radius 1 is 0.224 bits per heavy atom. The third kappa shape index (κ3) is 17.9. The molecule has 0 radical (unpaired) electrons. The van der Waals surface area contributed by atoms with Crippen LogP contribution in [-0.2, 0) is 60.1 Å². The number of amides is 2. The van der Waals surface area contributed by atoms with E-state index < -0.39 is 72.0 Å². The quantitative estimate of drug-likeness (QED) is 0.0995. The van der Waals surface area contributed by atoms with Crippen LogP contribution in [0.3, 0.4) is 0 Å². The lowest BCUT2D eigenvalue weighted by Crippen LogP contribution is -2.47. The zero-order valence-electron chi connectivity index (χ0n) is 56.1. The van der Waals surface area contributed by atoms with Gasteiger partial charge in [0.05, 0.1) is 40.5 Å². The molecule has 0 unspecified atom stereocenters. The predicted molar refractivity (Wildman–Crippen MR) is 376 cm³/mol. The van der Waals surface area contributed by atoms with Gasteiger partial charge in [-0.15, -0.1) is 0 Å². The third-order valence-electron chi connectivity index (χ3n) is 17.7. The Labute approximate surface area is 579 Å². The van der Waals surface area contributed by atoms with E-state index in [1.807, 2.05) is 27.7 Å². The Hall–Kier alpha value is -7.06. The van der Waals surface area contributed by atoms with Gasteiger partial charge in [-0.05, 0) is 152 Å². The van der Waals surface area contributed by atoms with E-state index in [-0.39, 0.29) is 171 Å². The van der Waals surface area contributed by atoms with E-state index in [9.17, 15) is 50.5 Å². The van der Waals surface area contributed by atoms with Crippen molar-refractivity contribution in [2.75, 3.05) is 105 Å². The molecule has 0 N–H and O–H groups in total. The van der Waals surface area contributed by atoms with Crippen molar-refractivity contribution in [1.82, 2.24) is 35.6 Å². The Morgan fingerprint density at radius 3 is 0.571 bits per heavy atom. The van der Waals surface area contributed by atoms with Gasteiger partial charge in [-0.2, -0.15) is 25.8 Å². The van der Waals surface area contributed by atoms with Crippen molar-refractivity contribution in [2.45, 2.75) is 96.6 Å². The van der Waals surface area contributed by atoms with E-state index in [1.54, 1.807) is 98.8 Å². The minimum Gasteiger partial charge on any atom is -0.337 e. The highest BCUT2D eigenvalue weighted by Crippen LogP contribution is 2.27. The SMILES string of the molecule is Cc1ccc(S(=O)(=O)N2CCCN(S(=O)(=O)c3ccc(C)cc3)CCN(S(=O)(=O)c3ccc(C)cc3)CCCN(C(=O)c3ccccc3C(=O)N3CCCN(S(=O)(=O)c4ccc(C)cc4)CCN(S(=O)(=O)c4ccc(C)cc4)CCCN(S(=O)(=O)c4ccc(C)cc4)CC3)CC2)cc1. The summed E-state index contributed by atoms with van der Waals surface area (Å²) in [6.07, 6.45) is -0.236. The highest BCUT2D eigenvalue weighted by molar-refractivity contribution is 7.90. The van der Waals surface area contributed by atoms with Gasteiger partial charge in [-0.25, -0.2) is 50.5 Å². The Kier molecular flexibility index (Phi) is 24.6. The minimum absolute atomic E-state index is 0.0325. The molecule has 2 saturated heterocycles. The average Bonchev–Trinajstić information content (AvgIpc) is 0.845. The van der Waals surface area contributed by atoms with Crippen LogP contribution in [0, 0.1) is 41.5 Å². The monoisotopic (exact) mass is 1450 g/mol. The van der Waals surface area contributed by atoms with Crippen LogP contribution in [0.5, 0.6) is 0 Å². The summed E-state index contributed by atoms with van der Waals surface area (Å²) in [5.74, 6) is -1.47. The molecule has 0 atom stereocenters. The Balaban J connectivity index is 1.08. The first-order chi connectivity index (χ1) is 46.4. The lowest BCUT2D eigenvalue weighted by molar-refractivity contribution is 0.0704. The van der Waals surface area contributed by atoms with E-state index in [1.165, 1.54) is 121 Å². The van der Waals surface area contributed by atoms with Crippen LogP contribution in [-0.4, -0.2) is 203 Å². The van der Waals surface area contributed by atoms with E-state index in [0.717, 1.165) is 33.4 Å². The maximum absolute atomic E-state index is 15.7. The van der Waals surface area contributed by atoms with Gasteiger partial charge in [-0.1, -0.05) is 118 Å². The van der Waals surface area contributed by atoms with Gasteiger partial charge < -0.3 is 9.80 Å². The van der Waals surface area contributed by atoms with Gasteiger partial charge in [0.25, 0.3) is 11.8 Å². The van der Waals surface area contributed by atoms with Crippen LogP contribution < -0.4 is 0 Å². The van der Waals surface area contributed by atoms with Crippen LogP contribution >= 0.6 is 0 Å². The fraction of sp³-hybridized carbons (Fsp3) is 0.371. The second-order valence-corrected chi connectivity index (χ2v) is 36.5. The molecule has 0 bridgehead atoms. The Morgan fingerprint density at radius 2 is 0.388 bits per heavy atom. The van der Waals surface area contributed by atoms with Gasteiger partial charge in [0.1, 0.15) is 0 Å². The van der Waals surface area contributed by atoms with Crippen molar-refractivity contribution in [2.24, 2.45) is 0 Å². The van der Waals surface area contributed by atoms with Crippen LogP contribution in [0.2, 0.25) is 0 Å². The summed E-state index contributed by atoms with van der Waals surface area (Å²) in [5, 5.41) is 0. The molecule has 2 amide bonds. The normalized spacial score (nSPS) is 17.6. The van der Waals surface area contributed by atoms with Gasteiger partial charge in [-0.3, -0.25) is 9.59 Å². The molecule has 0 aliphatic carbocycles. The third-order valence-corrected chi connectivity index (χ3v) is 29.1. The number of sulfonamides is 6. The van der Waals surface area contributed by atoms with Gasteiger partial charge in [0, 0.05) is 105 Å². The number of rotatable bonds is 14. The summed E-state index contributed by atoms with van der Waals surface area (Å²) in [7, 11) is -26.0. The fourth-order valence-corrected chi connectivity index (χ4v) is 20.5. The number of carbonyl (C=O) groups excluding carboxylic acids is 2. The highest BCUT2D eigenvalue weighted by atomic mass is 32.2. The highest BCUT2D eigenvalue weighted by Gasteiger charge is 2.36. The van der Waals surface area contributed by atoms with Crippen molar-refractivity contribution in [3.63, 3.8) is 0 Å². The molecule has 0 spiro atoms. The molecular formula is C70H86N8O14S6. The van der Waals surface area contributed by atoms with E-state index in [2.05, 4.69) is 0 Å². The van der Waals surface area contributed by atoms with Crippen LogP contribution in [0.4, 0.5) is 0 Å². The van der Waals surface area contributed by atoms with Crippen LogP contribution in [0.1, 0.15) is 79.8 Å². The number of hydrogen-bond donors (Lipinski definition) is 0. The van der Waals surface area contributed by atoms with Crippen LogP contribution in [0.25, 0.3) is 0 Å². The summed E-state index contributed by atoms with van der Waals surface area (Å²) in [4.78, 5) is 33.8. The lowest BCUT2D eigenvalue weighted by Gasteiger charge is -2.32. The number of nitrogens with zero attached hydrogens (tertiary/aromatic N) is 8. The van der Waals surface area contributed by atoms with Crippen molar-refractivity contribution in [3.8, 4) is 0 Å². The molecule has 0 aromatic heterocycles. The topological polar surface area (TPSA) is 265 Å².